The van der Waals surface area contributed by atoms with Crippen LogP contribution in [0.5, 0.6) is 5.88 Å². The van der Waals surface area contributed by atoms with E-state index >= 15 is 0 Å². The molecule has 3 heterocycles. The Morgan fingerprint density at radius 2 is 1.80 bits per heavy atom. The zero-order valence-electron chi connectivity index (χ0n) is 13.8. The fourth-order valence-corrected chi connectivity index (χ4v) is 2.97. The molecular weight excluding hydrogens is 314 g/mol. The third-order valence-electron chi connectivity index (χ3n) is 4.30. The second kappa shape index (κ2) is 7.25. The second-order valence-corrected chi connectivity index (χ2v) is 6.08. The molecule has 1 atom stereocenters. The molecule has 25 heavy (non-hydrogen) atoms. The van der Waals surface area contributed by atoms with Gasteiger partial charge in [-0.05, 0) is 18.6 Å². The SMILES string of the molecule is c1ccc(-c2ccc(OCC3CCN(c4ncccn4)C3)nn2)cc1. The monoisotopic (exact) mass is 333 g/mol. The fraction of sp³-hybridized carbons (Fsp3) is 0.263. The Labute approximate surface area is 146 Å². The van der Waals surface area contributed by atoms with E-state index in [2.05, 4.69) is 25.1 Å². The average Bonchev–Trinajstić information content (AvgIpc) is 3.17. The van der Waals surface area contributed by atoms with Crippen molar-refractivity contribution >= 4 is 5.95 Å². The molecule has 6 nitrogen and oxygen atoms in total. The molecule has 0 bridgehead atoms. The Hall–Kier alpha value is -3.02. The quantitative estimate of drug-likeness (QED) is 0.715. The standard InChI is InChI=1S/C19H19N5O/c1-2-5-16(6-3-1)17-7-8-18(23-22-17)25-14-15-9-12-24(13-15)19-20-10-4-11-21-19/h1-8,10-11,15H,9,12-14H2. The second-order valence-electron chi connectivity index (χ2n) is 6.08. The first kappa shape index (κ1) is 15.5. The number of benzene rings is 1. The van der Waals surface area contributed by atoms with Gasteiger partial charge in [0.15, 0.2) is 0 Å². The van der Waals surface area contributed by atoms with Crippen molar-refractivity contribution in [2.75, 3.05) is 24.6 Å². The maximum Gasteiger partial charge on any atom is 0.233 e. The molecule has 3 aromatic rings. The average molecular weight is 333 g/mol. The van der Waals surface area contributed by atoms with Gasteiger partial charge in [0.1, 0.15) is 0 Å². The minimum Gasteiger partial charge on any atom is -0.476 e. The van der Waals surface area contributed by atoms with Crippen molar-refractivity contribution in [3.8, 4) is 17.1 Å². The molecule has 2 aromatic heterocycles. The zero-order valence-corrected chi connectivity index (χ0v) is 13.8. The lowest BCUT2D eigenvalue weighted by molar-refractivity contribution is 0.249. The zero-order chi connectivity index (χ0) is 16.9. The van der Waals surface area contributed by atoms with Crippen LogP contribution in [0, 0.1) is 5.92 Å². The van der Waals surface area contributed by atoms with Crippen molar-refractivity contribution in [3.05, 3.63) is 60.9 Å². The van der Waals surface area contributed by atoms with Crippen LogP contribution < -0.4 is 9.64 Å². The molecule has 1 fully saturated rings. The molecule has 1 aromatic carbocycles. The van der Waals surface area contributed by atoms with E-state index in [1.807, 2.05) is 48.5 Å². The van der Waals surface area contributed by atoms with Gasteiger partial charge in [0, 0.05) is 43.0 Å². The Bertz CT molecular complexity index is 795. The summed E-state index contributed by atoms with van der Waals surface area (Å²) in [5.41, 5.74) is 1.90. The molecule has 1 aliphatic heterocycles. The van der Waals surface area contributed by atoms with Crippen molar-refractivity contribution < 1.29 is 4.74 Å². The van der Waals surface area contributed by atoms with Gasteiger partial charge in [-0.2, -0.15) is 0 Å². The molecule has 0 saturated carbocycles. The Balaban J connectivity index is 1.32. The van der Waals surface area contributed by atoms with Crippen molar-refractivity contribution in [1.82, 2.24) is 20.2 Å². The van der Waals surface area contributed by atoms with Crippen LogP contribution in [-0.2, 0) is 0 Å². The van der Waals surface area contributed by atoms with Crippen LogP contribution in [-0.4, -0.2) is 39.9 Å². The lowest BCUT2D eigenvalue weighted by atomic mass is 10.1. The van der Waals surface area contributed by atoms with Crippen molar-refractivity contribution in [2.24, 2.45) is 5.92 Å². The van der Waals surface area contributed by atoms with E-state index in [1.54, 1.807) is 12.4 Å². The Morgan fingerprint density at radius 3 is 2.56 bits per heavy atom. The van der Waals surface area contributed by atoms with Gasteiger partial charge in [0.25, 0.3) is 0 Å². The molecular formula is C19H19N5O. The summed E-state index contributed by atoms with van der Waals surface area (Å²) in [5.74, 6) is 1.80. The van der Waals surface area contributed by atoms with E-state index < -0.39 is 0 Å². The predicted octanol–water partition coefficient (Wildman–Crippen LogP) is 2.84. The lowest BCUT2D eigenvalue weighted by Crippen LogP contribution is -2.23. The number of nitrogens with zero attached hydrogens (tertiary/aromatic N) is 5. The van der Waals surface area contributed by atoms with Crippen LogP contribution in [0.4, 0.5) is 5.95 Å². The topological polar surface area (TPSA) is 64.0 Å². The fourth-order valence-electron chi connectivity index (χ4n) is 2.97. The first-order valence-corrected chi connectivity index (χ1v) is 8.42. The minimum atomic E-state index is 0.444. The summed E-state index contributed by atoms with van der Waals surface area (Å²) in [6, 6.07) is 15.6. The van der Waals surface area contributed by atoms with Gasteiger partial charge in [-0.25, -0.2) is 9.97 Å². The minimum absolute atomic E-state index is 0.444. The van der Waals surface area contributed by atoms with Gasteiger partial charge in [0.05, 0.1) is 12.3 Å². The van der Waals surface area contributed by atoms with Gasteiger partial charge in [0.2, 0.25) is 11.8 Å². The van der Waals surface area contributed by atoms with Crippen molar-refractivity contribution in [2.45, 2.75) is 6.42 Å². The first-order chi connectivity index (χ1) is 12.4. The Morgan fingerprint density at radius 1 is 0.960 bits per heavy atom. The summed E-state index contributed by atoms with van der Waals surface area (Å²) in [6.45, 7) is 2.49. The van der Waals surface area contributed by atoms with Crippen LogP contribution in [0.1, 0.15) is 6.42 Å². The van der Waals surface area contributed by atoms with Crippen molar-refractivity contribution in [1.29, 1.82) is 0 Å². The van der Waals surface area contributed by atoms with Crippen LogP contribution in [0.2, 0.25) is 0 Å². The van der Waals surface area contributed by atoms with Crippen LogP contribution in [0.3, 0.4) is 0 Å². The third kappa shape index (κ3) is 3.74. The number of aromatic nitrogens is 4. The summed E-state index contributed by atoms with van der Waals surface area (Å²) in [5, 5.41) is 8.43. The van der Waals surface area contributed by atoms with Crippen LogP contribution in [0.25, 0.3) is 11.3 Å². The van der Waals surface area contributed by atoms with E-state index in [4.69, 9.17) is 4.74 Å². The molecule has 0 N–H and O–H groups in total. The van der Waals surface area contributed by atoms with E-state index in [9.17, 15) is 0 Å². The molecule has 0 amide bonds. The molecule has 1 saturated heterocycles. The number of ether oxygens (including phenoxy) is 1. The summed E-state index contributed by atoms with van der Waals surface area (Å²) in [6.07, 6.45) is 4.61. The van der Waals surface area contributed by atoms with Gasteiger partial charge >= 0.3 is 0 Å². The highest BCUT2D eigenvalue weighted by Crippen LogP contribution is 2.22. The van der Waals surface area contributed by atoms with Gasteiger partial charge in [-0.3, -0.25) is 0 Å². The molecule has 1 unspecified atom stereocenters. The molecule has 0 spiro atoms. The highest BCUT2D eigenvalue weighted by Gasteiger charge is 2.24. The number of hydrogen-bond donors (Lipinski definition) is 0. The van der Waals surface area contributed by atoms with Crippen molar-refractivity contribution in [3.63, 3.8) is 0 Å². The highest BCUT2D eigenvalue weighted by molar-refractivity contribution is 5.58. The normalized spacial score (nSPS) is 16.8. The van der Waals surface area contributed by atoms with E-state index in [0.29, 0.717) is 18.4 Å². The van der Waals surface area contributed by atoms with Crippen LogP contribution >= 0.6 is 0 Å². The summed E-state index contributed by atoms with van der Waals surface area (Å²) < 4.78 is 5.82. The number of hydrogen-bond acceptors (Lipinski definition) is 6. The number of anilines is 1. The van der Waals surface area contributed by atoms with E-state index in [1.165, 1.54) is 0 Å². The maximum atomic E-state index is 5.82. The van der Waals surface area contributed by atoms with Gasteiger partial charge in [-0.1, -0.05) is 30.3 Å². The summed E-state index contributed by atoms with van der Waals surface area (Å²) in [4.78, 5) is 10.8. The maximum absolute atomic E-state index is 5.82. The molecule has 0 radical (unpaired) electrons. The lowest BCUT2D eigenvalue weighted by Gasteiger charge is -2.15. The number of rotatable bonds is 5. The Kier molecular flexibility index (Phi) is 4.50. The first-order valence-electron chi connectivity index (χ1n) is 8.42. The molecule has 4 rings (SSSR count). The predicted molar refractivity (Wildman–Crippen MR) is 95.3 cm³/mol. The van der Waals surface area contributed by atoms with Gasteiger partial charge in [-0.15, -0.1) is 10.2 Å². The summed E-state index contributed by atoms with van der Waals surface area (Å²) in [7, 11) is 0. The molecule has 6 heteroatoms. The van der Waals surface area contributed by atoms with E-state index in [0.717, 1.165) is 36.7 Å². The highest BCUT2D eigenvalue weighted by atomic mass is 16.5. The third-order valence-corrected chi connectivity index (χ3v) is 4.30. The molecule has 1 aliphatic rings. The van der Waals surface area contributed by atoms with Crippen LogP contribution in [0.15, 0.2) is 60.9 Å². The molecule has 0 aliphatic carbocycles. The smallest absolute Gasteiger partial charge is 0.233 e. The van der Waals surface area contributed by atoms with Gasteiger partial charge < -0.3 is 9.64 Å². The summed E-state index contributed by atoms with van der Waals surface area (Å²) >= 11 is 0. The molecule has 126 valence electrons. The van der Waals surface area contributed by atoms with E-state index in [-0.39, 0.29) is 0 Å². The largest absolute Gasteiger partial charge is 0.476 e.